The van der Waals surface area contributed by atoms with E-state index in [0.29, 0.717) is 24.6 Å². The molecule has 32 heavy (non-hydrogen) atoms. The van der Waals surface area contributed by atoms with Gasteiger partial charge in [-0.2, -0.15) is 8.78 Å². The van der Waals surface area contributed by atoms with Gasteiger partial charge in [0.25, 0.3) is 0 Å². The van der Waals surface area contributed by atoms with E-state index in [1.807, 2.05) is 26.0 Å². The Kier molecular flexibility index (Phi) is 9.25. The Balaban J connectivity index is 1.67. The van der Waals surface area contributed by atoms with Crippen molar-refractivity contribution < 1.29 is 18.3 Å². The average molecular weight is 447 g/mol. The summed E-state index contributed by atoms with van der Waals surface area (Å²) in [6, 6.07) is 13.5. The minimum Gasteiger partial charge on any atom is -0.434 e. The summed E-state index contributed by atoms with van der Waals surface area (Å²) in [6.45, 7) is 6.86. The number of rotatable bonds is 9. The van der Waals surface area contributed by atoms with Crippen molar-refractivity contribution in [1.29, 1.82) is 0 Å². The molecule has 2 aromatic rings. The van der Waals surface area contributed by atoms with Crippen LogP contribution in [0, 0.1) is 6.92 Å². The van der Waals surface area contributed by atoms with E-state index >= 15 is 0 Å². The molecule has 174 valence electrons. The molecule has 0 aliphatic carbocycles. The average Bonchev–Trinajstić information content (AvgIpc) is 2.78. The van der Waals surface area contributed by atoms with Gasteiger partial charge in [-0.05, 0) is 31.0 Å². The van der Waals surface area contributed by atoms with E-state index in [1.54, 1.807) is 12.1 Å². The van der Waals surface area contributed by atoms with Crippen molar-refractivity contribution in [3.63, 3.8) is 0 Å². The summed E-state index contributed by atoms with van der Waals surface area (Å²) in [7, 11) is 0. The third kappa shape index (κ3) is 7.46. The highest BCUT2D eigenvalue weighted by Gasteiger charge is 2.13. The Bertz CT molecular complexity index is 886. The highest BCUT2D eigenvalue weighted by Crippen LogP contribution is 2.23. The lowest BCUT2D eigenvalue weighted by Crippen LogP contribution is -2.38. The maximum Gasteiger partial charge on any atom is 0.387 e. The molecule has 0 bridgehead atoms. The van der Waals surface area contributed by atoms with Gasteiger partial charge in [0.15, 0.2) is 5.96 Å². The second-order valence-electron chi connectivity index (χ2n) is 7.70. The maximum absolute atomic E-state index is 12.7. The smallest absolute Gasteiger partial charge is 0.387 e. The fourth-order valence-electron chi connectivity index (χ4n) is 3.61. The second kappa shape index (κ2) is 12.4. The number of nitrogens with one attached hydrogen (secondary N) is 2. The van der Waals surface area contributed by atoms with Crippen LogP contribution in [-0.4, -0.2) is 50.3 Å². The Hall–Kier alpha value is -2.71. The molecule has 1 fully saturated rings. The molecule has 1 heterocycles. The summed E-state index contributed by atoms with van der Waals surface area (Å²) >= 11 is 0. The van der Waals surface area contributed by atoms with Crippen molar-refractivity contribution in [3.8, 4) is 5.75 Å². The van der Waals surface area contributed by atoms with Gasteiger partial charge in [0, 0.05) is 38.3 Å². The van der Waals surface area contributed by atoms with Crippen LogP contribution in [0.3, 0.4) is 0 Å². The number of aryl methyl sites for hydroxylation is 1. The zero-order valence-electron chi connectivity index (χ0n) is 18.7. The van der Waals surface area contributed by atoms with Gasteiger partial charge in [-0.3, -0.25) is 4.90 Å². The fraction of sp³-hybridized carbons (Fsp3) is 0.458. The predicted octanol–water partition coefficient (Wildman–Crippen LogP) is 3.68. The van der Waals surface area contributed by atoms with Crippen LogP contribution in [0.5, 0.6) is 5.75 Å². The van der Waals surface area contributed by atoms with E-state index in [1.165, 1.54) is 11.1 Å². The van der Waals surface area contributed by atoms with Crippen molar-refractivity contribution in [1.82, 2.24) is 15.5 Å². The number of hydrogen-bond donors (Lipinski definition) is 2. The Labute approximate surface area is 188 Å². The lowest BCUT2D eigenvalue weighted by atomic mass is 10.1. The standard InChI is InChI=1S/C24H32F2N4O2/c1-3-27-24(29-16-21-14-18(2)8-9-22(21)32-23(25)26)28-15-19-6-4-5-7-20(19)17-30-10-12-31-13-11-30/h4-9,14,23H,3,10-13,15-17H2,1-2H3,(H2,27,28,29). The third-order valence-electron chi connectivity index (χ3n) is 5.25. The lowest BCUT2D eigenvalue weighted by Gasteiger charge is -2.27. The summed E-state index contributed by atoms with van der Waals surface area (Å²) in [5.41, 5.74) is 4.05. The first-order chi connectivity index (χ1) is 15.5. The fourth-order valence-corrected chi connectivity index (χ4v) is 3.61. The summed E-state index contributed by atoms with van der Waals surface area (Å²) in [5.74, 6) is 0.777. The number of nitrogens with zero attached hydrogens (tertiary/aromatic N) is 2. The van der Waals surface area contributed by atoms with Gasteiger partial charge >= 0.3 is 6.61 Å². The molecule has 3 rings (SSSR count). The van der Waals surface area contributed by atoms with E-state index in [9.17, 15) is 8.78 Å². The molecular weight excluding hydrogens is 414 g/mol. The van der Waals surface area contributed by atoms with Crippen LogP contribution in [0.15, 0.2) is 47.5 Å². The van der Waals surface area contributed by atoms with Crippen LogP contribution in [0.4, 0.5) is 8.78 Å². The van der Waals surface area contributed by atoms with Crippen LogP contribution < -0.4 is 15.4 Å². The van der Waals surface area contributed by atoms with E-state index in [2.05, 4.69) is 43.5 Å². The number of alkyl halides is 2. The maximum atomic E-state index is 12.7. The normalized spacial score (nSPS) is 15.1. The van der Waals surface area contributed by atoms with E-state index in [0.717, 1.165) is 38.4 Å². The number of benzene rings is 2. The van der Waals surface area contributed by atoms with Crippen LogP contribution in [-0.2, 0) is 24.4 Å². The molecule has 2 N–H and O–H groups in total. The molecule has 0 unspecified atom stereocenters. The first-order valence-electron chi connectivity index (χ1n) is 11.0. The molecule has 0 aromatic heterocycles. The van der Waals surface area contributed by atoms with Crippen molar-refractivity contribution >= 4 is 5.96 Å². The van der Waals surface area contributed by atoms with Gasteiger partial charge in [-0.15, -0.1) is 0 Å². The van der Waals surface area contributed by atoms with Crippen molar-refractivity contribution in [2.75, 3.05) is 32.8 Å². The van der Waals surface area contributed by atoms with Crippen molar-refractivity contribution in [2.45, 2.75) is 40.1 Å². The summed E-state index contributed by atoms with van der Waals surface area (Å²) in [5, 5.41) is 6.59. The van der Waals surface area contributed by atoms with E-state index in [4.69, 9.17) is 4.74 Å². The number of halogens is 2. The number of ether oxygens (including phenoxy) is 2. The lowest BCUT2D eigenvalue weighted by molar-refractivity contribution is -0.0504. The first-order valence-corrected chi connectivity index (χ1v) is 11.0. The van der Waals surface area contributed by atoms with Gasteiger partial charge in [-0.25, -0.2) is 4.99 Å². The summed E-state index contributed by atoms with van der Waals surface area (Å²) in [4.78, 5) is 6.99. The second-order valence-corrected chi connectivity index (χ2v) is 7.70. The van der Waals surface area contributed by atoms with Gasteiger partial charge in [0.1, 0.15) is 5.75 Å². The minimum absolute atomic E-state index is 0.154. The molecule has 6 nitrogen and oxygen atoms in total. The zero-order chi connectivity index (χ0) is 22.8. The molecule has 8 heteroatoms. The summed E-state index contributed by atoms with van der Waals surface area (Å²) in [6.07, 6.45) is 0. The quantitative estimate of drug-likeness (QED) is 0.455. The van der Waals surface area contributed by atoms with Crippen molar-refractivity contribution in [2.24, 2.45) is 4.99 Å². The molecule has 1 aliphatic heterocycles. The molecule has 0 spiro atoms. The van der Waals surface area contributed by atoms with E-state index in [-0.39, 0.29) is 12.3 Å². The highest BCUT2D eigenvalue weighted by atomic mass is 19.3. The Morgan fingerprint density at radius 2 is 1.84 bits per heavy atom. The van der Waals surface area contributed by atoms with Gasteiger partial charge < -0.3 is 20.1 Å². The first kappa shape index (κ1) is 23.9. The SMILES string of the molecule is CCNC(=NCc1cc(C)ccc1OC(F)F)NCc1ccccc1CN1CCOCC1. The molecule has 1 saturated heterocycles. The molecular formula is C24H32F2N4O2. The predicted molar refractivity (Wildman–Crippen MR) is 122 cm³/mol. The van der Waals surface area contributed by atoms with Crippen LogP contribution in [0.25, 0.3) is 0 Å². The van der Waals surface area contributed by atoms with Crippen LogP contribution in [0.2, 0.25) is 0 Å². The number of morpholine rings is 1. The van der Waals surface area contributed by atoms with Gasteiger partial charge in [-0.1, -0.05) is 42.0 Å². The Morgan fingerprint density at radius 3 is 2.56 bits per heavy atom. The molecule has 1 aliphatic rings. The third-order valence-corrected chi connectivity index (χ3v) is 5.25. The number of guanidine groups is 1. The van der Waals surface area contributed by atoms with E-state index < -0.39 is 6.61 Å². The van der Waals surface area contributed by atoms with Gasteiger partial charge in [0.2, 0.25) is 0 Å². The molecule has 0 saturated carbocycles. The molecule has 0 radical (unpaired) electrons. The molecule has 0 amide bonds. The molecule has 0 atom stereocenters. The molecule has 2 aromatic carbocycles. The minimum atomic E-state index is -2.87. The van der Waals surface area contributed by atoms with Gasteiger partial charge in [0.05, 0.1) is 19.8 Å². The monoisotopic (exact) mass is 446 g/mol. The topological polar surface area (TPSA) is 58.1 Å². The number of aliphatic imine (C=N–C) groups is 1. The zero-order valence-corrected chi connectivity index (χ0v) is 18.7. The highest BCUT2D eigenvalue weighted by molar-refractivity contribution is 5.79. The number of hydrogen-bond acceptors (Lipinski definition) is 4. The van der Waals surface area contributed by atoms with Crippen LogP contribution in [0.1, 0.15) is 29.2 Å². The van der Waals surface area contributed by atoms with Crippen molar-refractivity contribution in [3.05, 3.63) is 64.7 Å². The summed E-state index contributed by atoms with van der Waals surface area (Å²) < 4.78 is 35.6. The van der Waals surface area contributed by atoms with Crippen LogP contribution >= 0.6 is 0 Å². The Morgan fingerprint density at radius 1 is 1.09 bits per heavy atom. The largest absolute Gasteiger partial charge is 0.434 e.